The van der Waals surface area contributed by atoms with Crippen LogP contribution in [0.15, 0.2) is 36.4 Å². The van der Waals surface area contributed by atoms with E-state index in [4.69, 9.17) is 17.3 Å². The molecule has 2 rings (SSSR count). The predicted octanol–water partition coefficient (Wildman–Crippen LogP) is 5.14. The molecule has 0 aliphatic rings. The molecule has 2 heterocycles. The molecule has 0 spiro atoms. The molecule has 0 aromatic carbocycles. The summed E-state index contributed by atoms with van der Waals surface area (Å²) in [5.41, 5.74) is 6.45. The molecule has 2 aromatic rings. The third-order valence-corrected chi connectivity index (χ3v) is 3.88. The van der Waals surface area contributed by atoms with Gasteiger partial charge in [-0.3, -0.25) is 9.59 Å². The van der Waals surface area contributed by atoms with Crippen molar-refractivity contribution in [1.82, 2.24) is 9.97 Å². The number of carbonyl (C=O) groups is 2. The number of nitrogen functional groups attached to an aromatic ring is 1. The third kappa shape index (κ3) is 12.6. The van der Waals surface area contributed by atoms with Gasteiger partial charge in [0.05, 0.1) is 0 Å². The first-order valence-electron chi connectivity index (χ1n) is 9.27. The van der Waals surface area contributed by atoms with E-state index in [1.807, 2.05) is 58.9 Å². The van der Waals surface area contributed by atoms with Crippen LogP contribution in [0.3, 0.4) is 0 Å². The molecular formula is C22H33ClN4O2. The number of anilines is 2. The number of aromatic nitrogens is 2. The van der Waals surface area contributed by atoms with E-state index in [1.54, 1.807) is 32.9 Å². The maximum Gasteiger partial charge on any atom is 0.230 e. The summed E-state index contributed by atoms with van der Waals surface area (Å²) in [5, 5.41) is 2.49. The lowest BCUT2D eigenvalue weighted by molar-refractivity contribution is -0.123. The predicted molar refractivity (Wildman–Crippen MR) is 121 cm³/mol. The van der Waals surface area contributed by atoms with Gasteiger partial charge in [-0.2, -0.15) is 0 Å². The molecule has 0 radical (unpaired) electrons. The zero-order valence-corrected chi connectivity index (χ0v) is 19.4. The lowest BCUT2D eigenvalue weighted by atomic mass is 9.96. The van der Waals surface area contributed by atoms with Crippen molar-refractivity contribution >= 4 is 34.4 Å². The zero-order chi connectivity index (χ0) is 22.8. The summed E-state index contributed by atoms with van der Waals surface area (Å²) in [6.45, 7) is 14.8. The van der Waals surface area contributed by atoms with Gasteiger partial charge in [-0.15, -0.1) is 0 Å². The fourth-order valence-electron chi connectivity index (χ4n) is 1.48. The quantitative estimate of drug-likeness (QED) is 0.622. The fourth-order valence-corrected chi connectivity index (χ4v) is 1.48. The second-order valence-corrected chi connectivity index (χ2v) is 8.94. The first kappa shape index (κ1) is 26.5. The van der Waals surface area contributed by atoms with Crippen LogP contribution < -0.4 is 11.1 Å². The van der Waals surface area contributed by atoms with E-state index in [9.17, 15) is 9.59 Å². The van der Waals surface area contributed by atoms with Gasteiger partial charge in [0.25, 0.3) is 0 Å². The van der Waals surface area contributed by atoms with Crippen molar-refractivity contribution in [1.29, 1.82) is 0 Å². The van der Waals surface area contributed by atoms with Crippen LogP contribution in [-0.4, -0.2) is 21.1 Å². The average Bonchev–Trinajstić information content (AvgIpc) is 2.54. The number of halogens is 1. The van der Waals surface area contributed by atoms with Gasteiger partial charge in [0.15, 0.2) is 0 Å². The largest absolute Gasteiger partial charge is 0.384 e. The summed E-state index contributed by atoms with van der Waals surface area (Å²) < 4.78 is 0. The Morgan fingerprint density at radius 1 is 0.862 bits per heavy atom. The van der Waals surface area contributed by atoms with Crippen LogP contribution in [0.25, 0.3) is 0 Å². The summed E-state index contributed by atoms with van der Waals surface area (Å²) in [4.78, 5) is 30.0. The molecule has 0 fully saturated rings. The average molecular weight is 421 g/mol. The molecule has 0 saturated carbocycles. The van der Waals surface area contributed by atoms with Crippen LogP contribution in [0, 0.1) is 24.7 Å². The highest BCUT2D eigenvalue weighted by molar-refractivity contribution is 6.64. The van der Waals surface area contributed by atoms with Crippen molar-refractivity contribution in [3.05, 3.63) is 47.8 Å². The number of hydrogen-bond donors (Lipinski definition) is 2. The molecule has 0 bridgehead atoms. The van der Waals surface area contributed by atoms with Gasteiger partial charge in [-0.25, -0.2) is 9.97 Å². The number of aryl methyl sites for hydroxylation is 2. The number of hydrogen-bond acceptors (Lipinski definition) is 5. The van der Waals surface area contributed by atoms with Gasteiger partial charge in [-0.05, 0) is 49.7 Å². The van der Waals surface area contributed by atoms with Crippen LogP contribution in [0.4, 0.5) is 11.6 Å². The van der Waals surface area contributed by atoms with Gasteiger partial charge < -0.3 is 11.1 Å². The SMILES string of the molecule is CC(C)(C)C(=O)Cl.Cc1cccc(N)n1.Cc1cccc(NC(=O)C(C)(C)C)n1. The summed E-state index contributed by atoms with van der Waals surface area (Å²) in [6, 6.07) is 11.1. The van der Waals surface area contributed by atoms with Crippen LogP contribution in [0.2, 0.25) is 0 Å². The number of carbonyl (C=O) groups excluding carboxylic acids is 2. The Labute approximate surface area is 179 Å². The van der Waals surface area contributed by atoms with E-state index < -0.39 is 0 Å². The van der Waals surface area contributed by atoms with Crippen LogP contribution in [0.1, 0.15) is 52.9 Å². The second-order valence-electron chi connectivity index (χ2n) is 8.60. The molecule has 3 N–H and O–H groups in total. The normalized spacial score (nSPS) is 10.7. The van der Waals surface area contributed by atoms with E-state index in [0.29, 0.717) is 11.6 Å². The summed E-state index contributed by atoms with van der Waals surface area (Å²) >= 11 is 5.11. The molecule has 2 aromatic heterocycles. The maximum absolute atomic E-state index is 11.6. The molecule has 29 heavy (non-hydrogen) atoms. The highest BCUT2D eigenvalue weighted by atomic mass is 35.5. The van der Waals surface area contributed by atoms with Crippen molar-refractivity contribution in [2.75, 3.05) is 11.1 Å². The molecule has 1 amide bonds. The zero-order valence-electron chi connectivity index (χ0n) is 18.6. The Morgan fingerprint density at radius 2 is 1.31 bits per heavy atom. The molecule has 0 saturated heterocycles. The van der Waals surface area contributed by atoms with Crippen LogP contribution >= 0.6 is 11.6 Å². The minimum Gasteiger partial charge on any atom is -0.384 e. The number of pyridine rings is 2. The minimum atomic E-state index is -0.384. The highest BCUT2D eigenvalue weighted by Crippen LogP contribution is 2.16. The van der Waals surface area contributed by atoms with Crippen molar-refractivity contribution in [2.45, 2.75) is 55.4 Å². The topological polar surface area (TPSA) is 98.0 Å². The molecule has 0 aliphatic heterocycles. The molecule has 0 unspecified atom stereocenters. The van der Waals surface area contributed by atoms with Gasteiger partial charge in [-0.1, -0.05) is 53.7 Å². The number of nitrogens with zero attached hydrogens (tertiary/aromatic N) is 2. The van der Waals surface area contributed by atoms with Gasteiger partial charge in [0.1, 0.15) is 11.6 Å². The van der Waals surface area contributed by atoms with Crippen molar-refractivity contribution in [2.24, 2.45) is 10.8 Å². The van der Waals surface area contributed by atoms with Gasteiger partial charge >= 0.3 is 0 Å². The molecule has 7 heteroatoms. The monoisotopic (exact) mass is 420 g/mol. The fraction of sp³-hybridized carbons (Fsp3) is 0.455. The van der Waals surface area contributed by atoms with Crippen molar-refractivity contribution in [3.8, 4) is 0 Å². The lowest BCUT2D eigenvalue weighted by Gasteiger charge is -2.17. The van der Waals surface area contributed by atoms with E-state index in [1.165, 1.54) is 0 Å². The molecule has 0 atom stereocenters. The van der Waals surface area contributed by atoms with Gasteiger partial charge in [0, 0.05) is 22.2 Å². The summed E-state index contributed by atoms with van der Waals surface area (Å²) in [7, 11) is 0. The Hall–Kier alpha value is -2.47. The summed E-state index contributed by atoms with van der Waals surface area (Å²) in [5.74, 6) is 1.19. The highest BCUT2D eigenvalue weighted by Gasteiger charge is 2.21. The van der Waals surface area contributed by atoms with E-state index >= 15 is 0 Å². The minimum absolute atomic E-state index is 0.0180. The maximum atomic E-state index is 11.6. The van der Waals surface area contributed by atoms with E-state index in [2.05, 4.69) is 15.3 Å². The molecular weight excluding hydrogens is 388 g/mol. The Morgan fingerprint density at radius 3 is 1.62 bits per heavy atom. The number of amides is 1. The first-order chi connectivity index (χ1) is 13.1. The van der Waals surface area contributed by atoms with Crippen molar-refractivity contribution in [3.63, 3.8) is 0 Å². The van der Waals surface area contributed by atoms with Crippen LogP contribution in [-0.2, 0) is 9.59 Å². The molecule has 160 valence electrons. The Balaban J connectivity index is 0.000000444. The summed E-state index contributed by atoms with van der Waals surface area (Å²) in [6.07, 6.45) is 0. The van der Waals surface area contributed by atoms with E-state index in [0.717, 1.165) is 11.4 Å². The Bertz CT molecular complexity index is 792. The standard InChI is InChI=1S/C11H16N2O.C6H8N2.C5H9ClO/c1-8-6-5-7-9(12-8)13-10(14)11(2,3)4;1-5-3-2-4-6(7)8-5;1-5(2,3)4(6)7/h5-7H,1-4H3,(H,12,13,14);2-4H,1H3,(H2,7,8);1-3H3. The number of nitrogens with two attached hydrogens (primary N) is 1. The van der Waals surface area contributed by atoms with Crippen molar-refractivity contribution < 1.29 is 9.59 Å². The number of nitrogens with one attached hydrogen (secondary N) is 1. The third-order valence-electron chi connectivity index (χ3n) is 3.31. The van der Waals surface area contributed by atoms with Crippen LogP contribution in [0.5, 0.6) is 0 Å². The molecule has 0 aliphatic carbocycles. The Kier molecular flexibility index (Phi) is 10.5. The smallest absolute Gasteiger partial charge is 0.230 e. The second kappa shape index (κ2) is 11.5. The van der Waals surface area contributed by atoms with Gasteiger partial charge in [0.2, 0.25) is 11.1 Å². The number of rotatable bonds is 1. The first-order valence-corrected chi connectivity index (χ1v) is 9.65. The van der Waals surface area contributed by atoms with E-state index in [-0.39, 0.29) is 22.0 Å². The lowest BCUT2D eigenvalue weighted by Crippen LogP contribution is -2.28. The molecule has 6 nitrogen and oxygen atoms in total.